The molecule has 1 aliphatic carbocycles. The summed E-state index contributed by atoms with van der Waals surface area (Å²) < 4.78 is 45.5. The van der Waals surface area contributed by atoms with E-state index in [2.05, 4.69) is 0 Å². The fourth-order valence-corrected chi connectivity index (χ4v) is 5.89. The molecule has 2 N–H and O–H groups in total. The van der Waals surface area contributed by atoms with Crippen molar-refractivity contribution in [2.45, 2.75) is 43.9 Å². The van der Waals surface area contributed by atoms with Crippen molar-refractivity contribution in [1.29, 1.82) is 0 Å². The summed E-state index contributed by atoms with van der Waals surface area (Å²) in [6.07, 6.45) is -2.68. The first kappa shape index (κ1) is 26.9. The molecule has 1 heterocycles. The summed E-state index contributed by atoms with van der Waals surface area (Å²) >= 11 is 0. The van der Waals surface area contributed by atoms with Gasteiger partial charge in [0.1, 0.15) is 6.79 Å². The molecule has 10 nitrogen and oxygen atoms in total. The Labute approximate surface area is 209 Å². The van der Waals surface area contributed by atoms with E-state index in [1.165, 1.54) is 0 Å². The summed E-state index contributed by atoms with van der Waals surface area (Å²) in [5.74, 6) is -0.873. The van der Waals surface area contributed by atoms with Crippen LogP contribution in [0.4, 0.5) is 0 Å². The van der Waals surface area contributed by atoms with Crippen LogP contribution in [0, 0.1) is 5.41 Å². The Kier molecular flexibility index (Phi) is 8.59. The van der Waals surface area contributed by atoms with Gasteiger partial charge in [0.25, 0.3) is 0 Å². The van der Waals surface area contributed by atoms with Gasteiger partial charge in [0, 0.05) is 6.42 Å². The van der Waals surface area contributed by atoms with Gasteiger partial charge < -0.3 is 24.4 Å². The molecule has 11 heteroatoms. The van der Waals surface area contributed by atoms with E-state index in [9.17, 15) is 19.6 Å². The monoisotopic (exact) mass is 522 g/mol. The van der Waals surface area contributed by atoms with Gasteiger partial charge in [0.05, 0.1) is 51.2 Å². The molecule has 0 radical (unpaired) electrons. The highest BCUT2D eigenvalue weighted by atomic mass is 31.2. The van der Waals surface area contributed by atoms with Crippen LogP contribution in [-0.4, -0.2) is 61.1 Å². The topological polar surface area (TPSA) is 130 Å². The van der Waals surface area contributed by atoms with Crippen LogP contribution >= 0.6 is 7.82 Å². The molecule has 1 spiro atoms. The van der Waals surface area contributed by atoms with Gasteiger partial charge in [-0.3, -0.25) is 13.6 Å². The molecule has 196 valence electrons. The zero-order chi connectivity index (χ0) is 25.7. The van der Waals surface area contributed by atoms with Crippen molar-refractivity contribution in [3.8, 4) is 0 Å². The zero-order valence-corrected chi connectivity index (χ0v) is 20.9. The standard InChI is InChI=1S/C25H31O10P/c1-30-23(27)25(28)12-21(32-18-31-13-19-8-4-2-5-9-19)22(26)24(15-25)16-34-36(29,35-17-24)33-14-20-10-6-3-7-11-20/h2-11,21-22,26,28H,12-18H2,1H3/t21-,22+,24?,25-,36?/m1/s1. The highest BCUT2D eigenvalue weighted by molar-refractivity contribution is 7.48. The number of aliphatic hydroxyl groups is 2. The molecular formula is C25H31O10P. The van der Waals surface area contributed by atoms with Crippen molar-refractivity contribution in [1.82, 2.24) is 0 Å². The number of phosphoric acid groups is 1. The number of ether oxygens (including phenoxy) is 3. The molecule has 1 saturated heterocycles. The Balaban J connectivity index is 1.41. The zero-order valence-electron chi connectivity index (χ0n) is 20.0. The Morgan fingerprint density at radius 2 is 1.61 bits per heavy atom. The Morgan fingerprint density at radius 3 is 2.19 bits per heavy atom. The number of esters is 1. The molecule has 0 bridgehead atoms. The highest BCUT2D eigenvalue weighted by Crippen LogP contribution is 2.58. The lowest BCUT2D eigenvalue weighted by molar-refractivity contribution is -0.236. The summed E-state index contributed by atoms with van der Waals surface area (Å²) in [7, 11) is -2.76. The normalized spacial score (nSPS) is 32.3. The van der Waals surface area contributed by atoms with Gasteiger partial charge in [-0.2, -0.15) is 0 Å². The number of carbonyl (C=O) groups excluding carboxylic acids is 1. The maximum Gasteiger partial charge on any atom is 0.475 e. The first-order valence-corrected chi connectivity index (χ1v) is 13.0. The van der Waals surface area contributed by atoms with Gasteiger partial charge in [0.15, 0.2) is 5.60 Å². The third-order valence-corrected chi connectivity index (χ3v) is 7.79. The second kappa shape index (κ2) is 11.5. The molecule has 1 saturated carbocycles. The minimum Gasteiger partial charge on any atom is -0.467 e. The number of carbonyl (C=O) groups is 1. The van der Waals surface area contributed by atoms with Crippen molar-refractivity contribution < 1.29 is 47.4 Å². The maximum atomic E-state index is 13.0. The van der Waals surface area contributed by atoms with Gasteiger partial charge in [-0.15, -0.1) is 0 Å². The molecule has 2 fully saturated rings. The van der Waals surface area contributed by atoms with Crippen LogP contribution in [0.1, 0.15) is 24.0 Å². The van der Waals surface area contributed by atoms with Crippen LogP contribution in [0.25, 0.3) is 0 Å². The second-order valence-corrected chi connectivity index (χ2v) is 10.8. The minimum atomic E-state index is -3.92. The molecule has 2 aromatic carbocycles. The van der Waals surface area contributed by atoms with Gasteiger partial charge in [-0.1, -0.05) is 60.7 Å². The number of hydrogen-bond acceptors (Lipinski definition) is 10. The summed E-state index contributed by atoms with van der Waals surface area (Å²) in [6.45, 7) is -0.479. The summed E-state index contributed by atoms with van der Waals surface area (Å²) in [5.41, 5.74) is -1.55. The molecule has 0 amide bonds. The average molecular weight is 522 g/mol. The molecular weight excluding hydrogens is 491 g/mol. The Bertz CT molecular complexity index is 1040. The lowest BCUT2D eigenvalue weighted by Gasteiger charge is -2.51. The van der Waals surface area contributed by atoms with E-state index in [1.54, 1.807) is 12.1 Å². The predicted molar refractivity (Wildman–Crippen MR) is 126 cm³/mol. The minimum absolute atomic E-state index is 0.00422. The molecule has 4 rings (SSSR count). The van der Waals surface area contributed by atoms with Crippen molar-refractivity contribution >= 4 is 13.8 Å². The molecule has 0 unspecified atom stereocenters. The SMILES string of the molecule is COC(=O)[C@@]1(O)C[C@@H](OCOCc2ccccc2)[C@H](O)C2(COP(=O)(OCc3ccccc3)OC2)C1. The van der Waals surface area contributed by atoms with E-state index >= 15 is 0 Å². The van der Waals surface area contributed by atoms with Gasteiger partial charge >= 0.3 is 13.8 Å². The smallest absolute Gasteiger partial charge is 0.467 e. The van der Waals surface area contributed by atoms with Crippen LogP contribution in [0.5, 0.6) is 0 Å². The van der Waals surface area contributed by atoms with E-state index in [0.717, 1.165) is 18.2 Å². The van der Waals surface area contributed by atoms with E-state index in [1.807, 2.05) is 48.5 Å². The summed E-state index contributed by atoms with van der Waals surface area (Å²) in [6, 6.07) is 18.6. The van der Waals surface area contributed by atoms with E-state index in [0.29, 0.717) is 0 Å². The third kappa shape index (κ3) is 6.22. The second-order valence-electron chi connectivity index (χ2n) is 9.12. The quantitative estimate of drug-likeness (QED) is 0.219. The Morgan fingerprint density at radius 1 is 1.03 bits per heavy atom. The molecule has 2 aliphatic rings. The van der Waals surface area contributed by atoms with Gasteiger partial charge in [-0.05, 0) is 17.5 Å². The number of aliphatic hydroxyl groups excluding tert-OH is 1. The first-order chi connectivity index (χ1) is 17.3. The number of benzene rings is 2. The van der Waals surface area contributed by atoms with Crippen molar-refractivity contribution in [3.63, 3.8) is 0 Å². The summed E-state index contributed by atoms with van der Waals surface area (Å²) in [4.78, 5) is 12.5. The third-order valence-electron chi connectivity index (χ3n) is 6.46. The number of methoxy groups -OCH3 is 1. The lowest BCUT2D eigenvalue weighted by atomic mass is 9.65. The van der Waals surface area contributed by atoms with E-state index in [-0.39, 0.29) is 46.1 Å². The van der Waals surface area contributed by atoms with Crippen LogP contribution in [-0.2, 0) is 50.4 Å². The highest BCUT2D eigenvalue weighted by Gasteiger charge is 2.61. The number of rotatable bonds is 9. The Hall–Kier alpha value is -2.14. The molecule has 0 aromatic heterocycles. The summed E-state index contributed by atoms with van der Waals surface area (Å²) in [5, 5.41) is 22.3. The van der Waals surface area contributed by atoms with Gasteiger partial charge in [-0.25, -0.2) is 9.36 Å². The largest absolute Gasteiger partial charge is 0.475 e. The number of hydrogen-bond donors (Lipinski definition) is 2. The van der Waals surface area contributed by atoms with Crippen molar-refractivity contribution in [3.05, 3.63) is 71.8 Å². The van der Waals surface area contributed by atoms with Crippen molar-refractivity contribution in [2.24, 2.45) is 5.41 Å². The van der Waals surface area contributed by atoms with Gasteiger partial charge in [0.2, 0.25) is 0 Å². The molecule has 3 atom stereocenters. The fourth-order valence-electron chi connectivity index (χ4n) is 4.53. The first-order valence-electron chi connectivity index (χ1n) is 11.6. The number of phosphoric ester groups is 1. The maximum absolute atomic E-state index is 13.0. The predicted octanol–water partition coefficient (Wildman–Crippen LogP) is 2.96. The van der Waals surface area contributed by atoms with Crippen LogP contribution < -0.4 is 0 Å². The van der Waals surface area contributed by atoms with E-state index in [4.69, 9.17) is 27.8 Å². The molecule has 2 aromatic rings. The fraction of sp³-hybridized carbons (Fsp3) is 0.480. The average Bonchev–Trinajstić information content (AvgIpc) is 2.91. The van der Waals surface area contributed by atoms with Crippen LogP contribution in [0.3, 0.4) is 0 Å². The van der Waals surface area contributed by atoms with E-state index < -0.39 is 37.0 Å². The van der Waals surface area contributed by atoms with Crippen molar-refractivity contribution in [2.75, 3.05) is 27.1 Å². The molecule has 36 heavy (non-hydrogen) atoms. The van der Waals surface area contributed by atoms with Crippen LogP contribution in [0.2, 0.25) is 0 Å². The lowest BCUT2D eigenvalue weighted by Crippen LogP contribution is -2.63. The molecule has 1 aliphatic heterocycles. The van der Waals surface area contributed by atoms with Crippen LogP contribution in [0.15, 0.2) is 60.7 Å².